The van der Waals surface area contributed by atoms with E-state index in [0.29, 0.717) is 4.90 Å². The fourth-order valence-corrected chi connectivity index (χ4v) is 2.43. The molecule has 0 aromatic heterocycles. The van der Waals surface area contributed by atoms with Crippen molar-refractivity contribution in [2.45, 2.75) is 4.90 Å². The molecular formula is C13H11ClFNS. The summed E-state index contributed by atoms with van der Waals surface area (Å²) in [6.07, 6.45) is 0. The molecule has 1 N–H and O–H groups in total. The highest BCUT2D eigenvalue weighted by Gasteiger charge is 2.10. The van der Waals surface area contributed by atoms with Gasteiger partial charge in [-0.15, -0.1) is 0 Å². The maximum atomic E-state index is 13.7. The van der Waals surface area contributed by atoms with Crippen LogP contribution in [0.4, 0.5) is 4.39 Å². The molecule has 1 nitrogen and oxygen atoms in total. The molecule has 2 rings (SSSR count). The summed E-state index contributed by atoms with van der Waals surface area (Å²) >= 11 is 7.10. The summed E-state index contributed by atoms with van der Waals surface area (Å²) < 4.78 is 16.5. The summed E-state index contributed by atoms with van der Waals surface area (Å²) in [5.74, 6) is -0.384. The van der Waals surface area contributed by atoms with Crippen LogP contribution < -0.4 is 4.72 Å². The first-order valence-electron chi connectivity index (χ1n) is 5.10. The van der Waals surface area contributed by atoms with Crippen molar-refractivity contribution in [3.05, 3.63) is 53.3 Å². The molecule has 0 saturated carbocycles. The average Bonchev–Trinajstić information content (AvgIpc) is 2.36. The van der Waals surface area contributed by atoms with Crippen LogP contribution in [-0.2, 0) is 0 Å². The predicted molar refractivity (Wildman–Crippen MR) is 71.8 cm³/mol. The first-order chi connectivity index (χ1) is 8.22. The Hall–Kier alpha value is -1.03. The molecule has 2 aromatic rings. The van der Waals surface area contributed by atoms with Gasteiger partial charge in [-0.1, -0.05) is 41.9 Å². The van der Waals surface area contributed by atoms with Crippen LogP contribution >= 0.6 is 23.5 Å². The molecule has 88 valence electrons. The molecule has 17 heavy (non-hydrogen) atoms. The highest BCUT2D eigenvalue weighted by atomic mass is 35.5. The van der Waals surface area contributed by atoms with E-state index >= 15 is 0 Å². The van der Waals surface area contributed by atoms with Crippen LogP contribution in [0.15, 0.2) is 47.4 Å². The largest absolute Gasteiger partial charge is 0.263 e. The molecule has 0 unspecified atom stereocenters. The number of benzene rings is 2. The lowest BCUT2D eigenvalue weighted by atomic mass is 10.1. The van der Waals surface area contributed by atoms with E-state index in [1.54, 1.807) is 19.2 Å². The molecule has 0 radical (unpaired) electrons. The van der Waals surface area contributed by atoms with Crippen molar-refractivity contribution >= 4 is 23.5 Å². The van der Waals surface area contributed by atoms with Gasteiger partial charge in [0.25, 0.3) is 0 Å². The maximum Gasteiger partial charge on any atom is 0.156 e. The van der Waals surface area contributed by atoms with Crippen molar-refractivity contribution < 1.29 is 4.39 Å². The summed E-state index contributed by atoms with van der Waals surface area (Å²) in [5.41, 5.74) is 1.93. The van der Waals surface area contributed by atoms with Gasteiger partial charge in [-0.05, 0) is 42.3 Å². The molecule has 0 heterocycles. The minimum absolute atomic E-state index is 0.143. The van der Waals surface area contributed by atoms with E-state index in [1.165, 1.54) is 11.9 Å². The Labute approximate surface area is 109 Å². The van der Waals surface area contributed by atoms with Crippen LogP contribution in [0.3, 0.4) is 0 Å². The van der Waals surface area contributed by atoms with Gasteiger partial charge >= 0.3 is 0 Å². The van der Waals surface area contributed by atoms with E-state index in [9.17, 15) is 4.39 Å². The first kappa shape index (κ1) is 12.4. The normalized spacial score (nSPS) is 10.5. The quantitative estimate of drug-likeness (QED) is 0.829. The molecule has 0 aliphatic rings. The smallest absolute Gasteiger partial charge is 0.156 e. The Balaban J connectivity index is 2.49. The van der Waals surface area contributed by atoms with Crippen molar-refractivity contribution in [3.8, 4) is 11.1 Å². The van der Waals surface area contributed by atoms with Crippen LogP contribution in [0, 0.1) is 5.82 Å². The molecule has 4 heteroatoms. The minimum Gasteiger partial charge on any atom is -0.263 e. The Kier molecular flexibility index (Phi) is 4.05. The van der Waals surface area contributed by atoms with Crippen LogP contribution in [0.1, 0.15) is 0 Å². The number of nitrogens with one attached hydrogen (secondary N) is 1. The lowest BCUT2D eigenvalue weighted by Gasteiger charge is -2.08. The molecular weight excluding hydrogens is 257 g/mol. The first-order valence-corrected chi connectivity index (χ1v) is 6.30. The van der Waals surface area contributed by atoms with Crippen molar-refractivity contribution in [1.82, 2.24) is 4.72 Å². The summed E-state index contributed by atoms with van der Waals surface area (Å²) in [6, 6.07) is 13.2. The molecule has 0 saturated heterocycles. The second kappa shape index (κ2) is 5.54. The molecule has 0 bridgehead atoms. The van der Waals surface area contributed by atoms with Gasteiger partial charge in [0, 0.05) is 0 Å². The van der Waals surface area contributed by atoms with E-state index in [1.807, 2.05) is 30.3 Å². The SMILES string of the molecule is CNSc1cc(-c2ccccc2)cc(Cl)c1F. The van der Waals surface area contributed by atoms with Crippen molar-refractivity contribution in [1.29, 1.82) is 0 Å². The fraction of sp³-hybridized carbons (Fsp3) is 0.0769. The third kappa shape index (κ3) is 2.80. The topological polar surface area (TPSA) is 12.0 Å². The van der Waals surface area contributed by atoms with Gasteiger partial charge in [0.2, 0.25) is 0 Å². The van der Waals surface area contributed by atoms with Crippen molar-refractivity contribution in [2.24, 2.45) is 0 Å². The van der Waals surface area contributed by atoms with Crippen LogP contribution in [0.5, 0.6) is 0 Å². The van der Waals surface area contributed by atoms with Crippen molar-refractivity contribution in [2.75, 3.05) is 7.05 Å². The number of halogens is 2. The number of hydrogen-bond acceptors (Lipinski definition) is 2. The molecule has 0 aliphatic heterocycles. The summed E-state index contributed by atoms with van der Waals surface area (Å²) in [6.45, 7) is 0. The van der Waals surface area contributed by atoms with Crippen LogP contribution in [-0.4, -0.2) is 7.05 Å². The van der Waals surface area contributed by atoms with E-state index < -0.39 is 0 Å². The zero-order chi connectivity index (χ0) is 12.3. The Morgan fingerprint density at radius 3 is 2.47 bits per heavy atom. The lowest BCUT2D eigenvalue weighted by Crippen LogP contribution is -1.94. The molecule has 2 aromatic carbocycles. The number of hydrogen-bond donors (Lipinski definition) is 1. The second-order valence-electron chi connectivity index (χ2n) is 3.44. The third-order valence-electron chi connectivity index (χ3n) is 2.31. The maximum absolute atomic E-state index is 13.7. The van der Waals surface area contributed by atoms with Gasteiger partial charge in [-0.2, -0.15) is 0 Å². The molecule has 0 amide bonds. The third-order valence-corrected chi connectivity index (χ3v) is 3.31. The molecule has 0 aliphatic carbocycles. The van der Waals surface area contributed by atoms with Gasteiger partial charge in [0.15, 0.2) is 5.82 Å². The standard InChI is InChI=1S/C13H11ClFNS/c1-16-17-12-8-10(7-11(14)13(12)15)9-5-3-2-4-6-9/h2-8,16H,1H3. The van der Waals surface area contributed by atoms with Gasteiger partial charge < -0.3 is 0 Å². The van der Waals surface area contributed by atoms with Crippen molar-refractivity contribution in [3.63, 3.8) is 0 Å². The lowest BCUT2D eigenvalue weighted by molar-refractivity contribution is 0.602. The fourth-order valence-electron chi connectivity index (χ4n) is 1.55. The summed E-state index contributed by atoms with van der Waals surface area (Å²) in [5, 5.41) is 0.143. The van der Waals surface area contributed by atoms with E-state index in [-0.39, 0.29) is 10.8 Å². The Bertz CT molecular complexity index is 516. The highest BCUT2D eigenvalue weighted by molar-refractivity contribution is 7.97. The molecule has 0 atom stereocenters. The zero-order valence-electron chi connectivity index (χ0n) is 9.21. The molecule has 0 fully saturated rings. The number of rotatable bonds is 3. The van der Waals surface area contributed by atoms with Crippen LogP contribution in [0.25, 0.3) is 11.1 Å². The summed E-state index contributed by atoms with van der Waals surface area (Å²) in [7, 11) is 1.74. The van der Waals surface area contributed by atoms with Crippen LogP contribution in [0.2, 0.25) is 5.02 Å². The Morgan fingerprint density at radius 1 is 1.12 bits per heavy atom. The zero-order valence-corrected chi connectivity index (χ0v) is 10.8. The van der Waals surface area contributed by atoms with E-state index in [0.717, 1.165) is 11.1 Å². The van der Waals surface area contributed by atoms with E-state index in [2.05, 4.69) is 4.72 Å². The summed E-state index contributed by atoms with van der Waals surface area (Å²) in [4.78, 5) is 0.499. The second-order valence-corrected chi connectivity index (χ2v) is 4.90. The molecule has 0 spiro atoms. The average molecular weight is 268 g/mol. The minimum atomic E-state index is -0.384. The Morgan fingerprint density at radius 2 is 1.82 bits per heavy atom. The highest BCUT2D eigenvalue weighted by Crippen LogP contribution is 2.31. The predicted octanol–water partition coefficient (Wildman–Crippen LogP) is 4.37. The van der Waals surface area contributed by atoms with Gasteiger partial charge in [-0.3, -0.25) is 4.72 Å². The van der Waals surface area contributed by atoms with Gasteiger partial charge in [0.05, 0.1) is 9.92 Å². The monoisotopic (exact) mass is 267 g/mol. The van der Waals surface area contributed by atoms with E-state index in [4.69, 9.17) is 11.6 Å². The van der Waals surface area contributed by atoms with Gasteiger partial charge in [-0.25, -0.2) is 4.39 Å². The van der Waals surface area contributed by atoms with Gasteiger partial charge in [0.1, 0.15) is 0 Å².